The molecule has 0 saturated heterocycles. The van der Waals surface area contributed by atoms with E-state index >= 15 is 0 Å². The summed E-state index contributed by atoms with van der Waals surface area (Å²) in [5.74, 6) is -0.440. The molecule has 132 valence electrons. The minimum Gasteiger partial charge on any atom is -0.349 e. The molecule has 2 N–H and O–H groups in total. The van der Waals surface area contributed by atoms with Crippen LogP contribution in [0.4, 0.5) is 13.2 Å². The summed E-state index contributed by atoms with van der Waals surface area (Å²) >= 11 is 0. The molecule has 0 bridgehead atoms. The Labute approximate surface area is 142 Å². The Balaban J connectivity index is 0.00000288. The van der Waals surface area contributed by atoms with Gasteiger partial charge in [-0.2, -0.15) is 13.2 Å². The van der Waals surface area contributed by atoms with Gasteiger partial charge in [0.1, 0.15) is 0 Å². The van der Waals surface area contributed by atoms with Crippen LogP contribution in [0.25, 0.3) is 5.69 Å². The molecule has 2 rings (SSSR count). The van der Waals surface area contributed by atoms with Crippen LogP contribution in [0.15, 0.2) is 30.5 Å². The molecule has 0 aliphatic carbocycles. The van der Waals surface area contributed by atoms with E-state index in [2.05, 4.69) is 20.9 Å². The van der Waals surface area contributed by atoms with Gasteiger partial charge in [-0.15, -0.1) is 17.5 Å². The normalized spacial score (nSPS) is 12.4. The minimum absolute atomic E-state index is 0. The van der Waals surface area contributed by atoms with Crippen LogP contribution < -0.4 is 10.6 Å². The van der Waals surface area contributed by atoms with E-state index in [4.69, 9.17) is 0 Å². The first kappa shape index (κ1) is 19.9. The highest BCUT2D eigenvalue weighted by atomic mass is 35.5. The minimum atomic E-state index is -4.44. The predicted molar refractivity (Wildman–Crippen MR) is 84.5 cm³/mol. The highest BCUT2D eigenvalue weighted by Crippen LogP contribution is 2.30. The first-order valence-corrected chi connectivity index (χ1v) is 6.86. The highest BCUT2D eigenvalue weighted by Gasteiger charge is 2.30. The van der Waals surface area contributed by atoms with E-state index in [1.165, 1.54) is 18.3 Å². The molecular weight excluding hydrogens is 347 g/mol. The van der Waals surface area contributed by atoms with Crippen molar-refractivity contribution in [3.8, 4) is 5.69 Å². The second kappa shape index (κ2) is 8.11. The average Bonchev–Trinajstić information content (AvgIpc) is 3.01. The summed E-state index contributed by atoms with van der Waals surface area (Å²) in [7, 11) is 1.76. The Bertz CT molecular complexity index is 689. The topological polar surface area (TPSA) is 71.8 Å². The summed E-state index contributed by atoms with van der Waals surface area (Å²) < 4.78 is 39.3. The summed E-state index contributed by atoms with van der Waals surface area (Å²) in [6, 6.07) is 4.72. The molecule has 1 amide bonds. The maximum absolute atomic E-state index is 12.7. The second-order valence-electron chi connectivity index (χ2n) is 5.00. The van der Waals surface area contributed by atoms with Gasteiger partial charge in [0.25, 0.3) is 5.91 Å². The Morgan fingerprint density at radius 1 is 1.38 bits per heavy atom. The summed E-state index contributed by atoms with van der Waals surface area (Å²) in [5.41, 5.74) is -0.583. The largest absolute Gasteiger partial charge is 0.416 e. The lowest BCUT2D eigenvalue weighted by molar-refractivity contribution is -0.137. The van der Waals surface area contributed by atoms with E-state index in [1.807, 2.05) is 6.92 Å². The third kappa shape index (κ3) is 4.93. The molecule has 1 heterocycles. The molecule has 6 nitrogen and oxygen atoms in total. The number of amides is 1. The Kier molecular flexibility index (Phi) is 6.73. The fourth-order valence-electron chi connectivity index (χ4n) is 1.76. The zero-order chi connectivity index (χ0) is 17.0. The van der Waals surface area contributed by atoms with Crippen molar-refractivity contribution >= 4 is 18.3 Å². The van der Waals surface area contributed by atoms with Crippen molar-refractivity contribution in [1.29, 1.82) is 0 Å². The molecule has 0 radical (unpaired) electrons. The number of rotatable bonds is 5. The van der Waals surface area contributed by atoms with E-state index < -0.39 is 17.6 Å². The van der Waals surface area contributed by atoms with E-state index in [-0.39, 0.29) is 29.8 Å². The van der Waals surface area contributed by atoms with Crippen molar-refractivity contribution in [3.63, 3.8) is 0 Å². The summed E-state index contributed by atoms with van der Waals surface area (Å²) in [5, 5.41) is 13.0. The third-order valence-electron chi connectivity index (χ3n) is 3.23. The van der Waals surface area contributed by atoms with Gasteiger partial charge >= 0.3 is 6.18 Å². The number of carbonyl (C=O) groups excluding carboxylic acids is 1. The maximum atomic E-state index is 12.7. The number of benzene rings is 1. The molecular formula is C14H17ClF3N5O. The standard InChI is InChI=1S/C14H16F3N5O.ClH/c1-9(18-2)7-19-13(23)12-8-22(21-20-12)11-5-3-4-10(6-11)14(15,16)17;/h3-6,8-9,18H,7H2,1-2H3,(H,19,23);1H. The quantitative estimate of drug-likeness (QED) is 0.853. The van der Waals surface area contributed by atoms with Gasteiger partial charge < -0.3 is 10.6 Å². The van der Waals surface area contributed by atoms with E-state index in [1.54, 1.807) is 7.05 Å². The zero-order valence-electron chi connectivity index (χ0n) is 13.0. The van der Waals surface area contributed by atoms with Gasteiger partial charge in [0, 0.05) is 12.6 Å². The van der Waals surface area contributed by atoms with Crippen LogP contribution >= 0.6 is 12.4 Å². The van der Waals surface area contributed by atoms with E-state index in [0.29, 0.717) is 6.54 Å². The molecule has 0 aliphatic heterocycles. The number of alkyl halides is 3. The molecule has 1 aromatic heterocycles. The van der Waals surface area contributed by atoms with Crippen LogP contribution in [-0.2, 0) is 6.18 Å². The lowest BCUT2D eigenvalue weighted by Crippen LogP contribution is -2.37. The fraction of sp³-hybridized carbons (Fsp3) is 0.357. The van der Waals surface area contributed by atoms with Gasteiger partial charge in [0.05, 0.1) is 17.4 Å². The van der Waals surface area contributed by atoms with Crippen molar-refractivity contribution in [2.45, 2.75) is 19.1 Å². The van der Waals surface area contributed by atoms with Gasteiger partial charge in [0.2, 0.25) is 0 Å². The summed E-state index contributed by atoms with van der Waals surface area (Å²) in [4.78, 5) is 11.9. The first-order chi connectivity index (χ1) is 10.8. The number of hydrogen-bond acceptors (Lipinski definition) is 4. The number of nitrogens with zero attached hydrogens (tertiary/aromatic N) is 3. The number of carbonyl (C=O) groups is 1. The van der Waals surface area contributed by atoms with Crippen LogP contribution in [-0.4, -0.2) is 40.5 Å². The lowest BCUT2D eigenvalue weighted by Gasteiger charge is -2.10. The fourth-order valence-corrected chi connectivity index (χ4v) is 1.76. The van der Waals surface area contributed by atoms with Gasteiger partial charge in [-0.05, 0) is 32.2 Å². The maximum Gasteiger partial charge on any atom is 0.416 e. The van der Waals surface area contributed by atoms with E-state index in [0.717, 1.165) is 16.8 Å². The molecule has 1 atom stereocenters. The highest BCUT2D eigenvalue weighted by molar-refractivity contribution is 5.91. The third-order valence-corrected chi connectivity index (χ3v) is 3.23. The van der Waals surface area contributed by atoms with Crippen molar-refractivity contribution in [2.75, 3.05) is 13.6 Å². The van der Waals surface area contributed by atoms with Crippen LogP contribution in [0.5, 0.6) is 0 Å². The number of halogens is 4. The SMILES string of the molecule is CNC(C)CNC(=O)c1cn(-c2cccc(C(F)(F)F)c2)nn1.Cl. The van der Waals surface area contributed by atoms with E-state index in [9.17, 15) is 18.0 Å². The van der Waals surface area contributed by atoms with Crippen LogP contribution in [0.2, 0.25) is 0 Å². The summed E-state index contributed by atoms with van der Waals surface area (Å²) in [6.07, 6.45) is -3.16. The van der Waals surface area contributed by atoms with Gasteiger partial charge in [0.15, 0.2) is 5.69 Å². The van der Waals surface area contributed by atoms with Crippen LogP contribution in [0.1, 0.15) is 23.0 Å². The monoisotopic (exact) mass is 363 g/mol. The van der Waals surface area contributed by atoms with Crippen LogP contribution in [0.3, 0.4) is 0 Å². The molecule has 0 saturated carbocycles. The molecule has 0 fully saturated rings. The van der Waals surface area contributed by atoms with Crippen molar-refractivity contribution < 1.29 is 18.0 Å². The average molecular weight is 364 g/mol. The molecule has 24 heavy (non-hydrogen) atoms. The summed E-state index contributed by atoms with van der Waals surface area (Å²) in [6.45, 7) is 2.28. The number of nitrogens with one attached hydrogen (secondary N) is 2. The van der Waals surface area contributed by atoms with Gasteiger partial charge in [-0.3, -0.25) is 4.79 Å². The van der Waals surface area contributed by atoms with Crippen molar-refractivity contribution in [1.82, 2.24) is 25.6 Å². The number of aromatic nitrogens is 3. The molecule has 10 heteroatoms. The Hall–Kier alpha value is -2.13. The predicted octanol–water partition coefficient (Wildman–Crippen LogP) is 2.05. The molecule has 1 aromatic carbocycles. The smallest absolute Gasteiger partial charge is 0.349 e. The molecule has 0 aliphatic rings. The van der Waals surface area contributed by atoms with Crippen LogP contribution in [0, 0.1) is 0 Å². The molecule has 0 spiro atoms. The lowest BCUT2D eigenvalue weighted by atomic mass is 10.2. The Morgan fingerprint density at radius 2 is 2.08 bits per heavy atom. The molecule has 1 unspecified atom stereocenters. The first-order valence-electron chi connectivity index (χ1n) is 6.86. The van der Waals surface area contributed by atoms with Gasteiger partial charge in [-0.25, -0.2) is 4.68 Å². The van der Waals surface area contributed by atoms with Crippen molar-refractivity contribution in [3.05, 3.63) is 41.7 Å². The van der Waals surface area contributed by atoms with Gasteiger partial charge in [-0.1, -0.05) is 11.3 Å². The number of hydrogen-bond donors (Lipinski definition) is 2. The van der Waals surface area contributed by atoms with Crippen molar-refractivity contribution in [2.24, 2.45) is 0 Å². The zero-order valence-corrected chi connectivity index (χ0v) is 13.8. The number of likely N-dealkylation sites (N-methyl/N-ethyl adjacent to an activating group) is 1. The molecule has 2 aromatic rings. The Morgan fingerprint density at radius 3 is 2.71 bits per heavy atom. The second-order valence-corrected chi connectivity index (χ2v) is 5.00.